The van der Waals surface area contributed by atoms with E-state index in [2.05, 4.69) is 0 Å². The summed E-state index contributed by atoms with van der Waals surface area (Å²) in [5, 5.41) is 8.95. The van der Waals surface area contributed by atoms with Gasteiger partial charge >= 0.3 is 12.1 Å². The van der Waals surface area contributed by atoms with E-state index in [4.69, 9.17) is 9.84 Å². The highest BCUT2D eigenvalue weighted by Gasteiger charge is 2.78. The molecule has 0 aromatic carbocycles. The van der Waals surface area contributed by atoms with Gasteiger partial charge in [0.1, 0.15) is 17.7 Å². The van der Waals surface area contributed by atoms with Crippen molar-refractivity contribution >= 4 is 12.1 Å². The quantitative estimate of drug-likeness (QED) is 0.782. The van der Waals surface area contributed by atoms with Gasteiger partial charge in [-0.1, -0.05) is 0 Å². The highest BCUT2D eigenvalue weighted by molar-refractivity contribution is 5.82. The van der Waals surface area contributed by atoms with Crippen LogP contribution < -0.4 is 0 Å². The van der Waals surface area contributed by atoms with Gasteiger partial charge in [-0.15, -0.1) is 0 Å². The first-order valence-electron chi connectivity index (χ1n) is 5.67. The van der Waals surface area contributed by atoms with Crippen LogP contribution in [0, 0.1) is 5.92 Å². The molecule has 0 bridgehead atoms. The van der Waals surface area contributed by atoms with Gasteiger partial charge in [-0.25, -0.2) is 18.4 Å². The summed E-state index contributed by atoms with van der Waals surface area (Å²) in [6, 6.07) is -2.54. The summed E-state index contributed by atoms with van der Waals surface area (Å²) in [5.74, 6) is -5.31. The molecule has 0 spiro atoms. The van der Waals surface area contributed by atoms with Gasteiger partial charge < -0.3 is 9.84 Å². The van der Waals surface area contributed by atoms with Crippen LogP contribution in [-0.2, 0) is 9.53 Å². The summed E-state index contributed by atoms with van der Waals surface area (Å²) in [4.78, 5) is 23.5. The lowest BCUT2D eigenvalue weighted by molar-refractivity contribution is -0.143. The van der Waals surface area contributed by atoms with E-state index in [0.29, 0.717) is 4.90 Å². The number of fused-ring (bicyclic) bond motifs is 1. The Hall–Kier alpha value is -1.40. The second-order valence-corrected chi connectivity index (χ2v) is 5.70. The number of halogens is 2. The maximum atomic E-state index is 13.3. The molecule has 1 aliphatic carbocycles. The van der Waals surface area contributed by atoms with Gasteiger partial charge in [0.2, 0.25) is 0 Å². The molecule has 1 saturated heterocycles. The summed E-state index contributed by atoms with van der Waals surface area (Å²) in [6.07, 6.45) is -1.20. The third-order valence-corrected chi connectivity index (χ3v) is 3.16. The van der Waals surface area contributed by atoms with Gasteiger partial charge in [-0.3, -0.25) is 4.90 Å². The molecule has 1 heterocycles. The average molecular weight is 263 g/mol. The molecule has 1 amide bonds. The van der Waals surface area contributed by atoms with Crippen LogP contribution in [0.1, 0.15) is 27.2 Å². The Labute approximate surface area is 103 Å². The molecule has 2 aliphatic rings. The van der Waals surface area contributed by atoms with E-state index in [9.17, 15) is 18.4 Å². The van der Waals surface area contributed by atoms with Gasteiger partial charge in [0.15, 0.2) is 0 Å². The molecule has 2 rings (SSSR count). The molecule has 18 heavy (non-hydrogen) atoms. The number of alkyl halides is 2. The van der Waals surface area contributed by atoms with Crippen LogP contribution >= 0.6 is 0 Å². The molecule has 102 valence electrons. The lowest BCUT2D eigenvalue weighted by Crippen LogP contribution is -2.47. The van der Waals surface area contributed by atoms with Crippen molar-refractivity contribution < 1.29 is 28.2 Å². The van der Waals surface area contributed by atoms with E-state index >= 15 is 0 Å². The summed E-state index contributed by atoms with van der Waals surface area (Å²) in [6.45, 7) is 4.79. The van der Waals surface area contributed by atoms with E-state index in [1.54, 1.807) is 20.8 Å². The van der Waals surface area contributed by atoms with Crippen molar-refractivity contribution in [2.75, 3.05) is 0 Å². The predicted octanol–water partition coefficient (Wildman–Crippen LogP) is 1.71. The molecule has 3 atom stereocenters. The fourth-order valence-electron chi connectivity index (χ4n) is 2.36. The van der Waals surface area contributed by atoms with Crippen molar-refractivity contribution in [2.24, 2.45) is 5.92 Å². The summed E-state index contributed by atoms with van der Waals surface area (Å²) in [5.41, 5.74) is -0.845. The van der Waals surface area contributed by atoms with Gasteiger partial charge in [0.05, 0.1) is 5.92 Å². The molecule has 0 unspecified atom stereocenters. The van der Waals surface area contributed by atoms with Crippen LogP contribution in [0.15, 0.2) is 0 Å². The number of carboxylic acids is 1. The van der Waals surface area contributed by atoms with Crippen molar-refractivity contribution in [1.82, 2.24) is 4.90 Å². The molecule has 5 nitrogen and oxygen atoms in total. The van der Waals surface area contributed by atoms with Gasteiger partial charge in [-0.2, -0.15) is 0 Å². The first-order valence-corrected chi connectivity index (χ1v) is 5.67. The van der Waals surface area contributed by atoms with Crippen molar-refractivity contribution in [2.45, 2.75) is 50.8 Å². The number of aliphatic carboxylic acids is 1. The number of rotatable bonds is 1. The molecule has 0 radical (unpaired) electrons. The van der Waals surface area contributed by atoms with Gasteiger partial charge in [0.25, 0.3) is 5.92 Å². The Bertz CT molecular complexity index is 404. The molecule has 1 N–H and O–H groups in total. The van der Waals surface area contributed by atoms with Crippen molar-refractivity contribution in [3.63, 3.8) is 0 Å². The van der Waals surface area contributed by atoms with Crippen LogP contribution in [0.4, 0.5) is 13.6 Å². The number of amides is 1. The van der Waals surface area contributed by atoms with Crippen LogP contribution in [-0.4, -0.2) is 45.7 Å². The second-order valence-electron chi connectivity index (χ2n) is 5.70. The van der Waals surface area contributed by atoms with Crippen molar-refractivity contribution in [1.29, 1.82) is 0 Å². The number of carbonyl (C=O) groups is 2. The van der Waals surface area contributed by atoms with Crippen molar-refractivity contribution in [3.8, 4) is 0 Å². The SMILES string of the molecule is CC(C)(C)OC(=O)N1[C@H](C(=O)O)C[C@@H]2[C@@H]1C2(F)F. The van der Waals surface area contributed by atoms with E-state index in [1.165, 1.54) is 0 Å². The smallest absolute Gasteiger partial charge is 0.411 e. The number of carbonyl (C=O) groups excluding carboxylic acids is 1. The maximum Gasteiger partial charge on any atom is 0.411 e. The fraction of sp³-hybridized carbons (Fsp3) is 0.818. The predicted molar refractivity (Wildman–Crippen MR) is 56.3 cm³/mol. The molecule has 1 aliphatic heterocycles. The van der Waals surface area contributed by atoms with E-state index in [0.717, 1.165) is 0 Å². The lowest BCUT2D eigenvalue weighted by atomic mass is 10.1. The maximum absolute atomic E-state index is 13.3. The number of likely N-dealkylation sites (tertiary alicyclic amines) is 1. The van der Waals surface area contributed by atoms with Gasteiger partial charge in [-0.05, 0) is 27.2 Å². The number of hydrogen-bond acceptors (Lipinski definition) is 3. The number of ether oxygens (including phenoxy) is 1. The molecular formula is C11H15F2NO4. The largest absolute Gasteiger partial charge is 0.480 e. The van der Waals surface area contributed by atoms with E-state index in [-0.39, 0.29) is 6.42 Å². The first-order chi connectivity index (χ1) is 8.05. The Morgan fingerprint density at radius 3 is 2.39 bits per heavy atom. The third kappa shape index (κ3) is 1.91. The number of piperidine rings is 1. The summed E-state index contributed by atoms with van der Waals surface area (Å²) >= 11 is 0. The minimum atomic E-state index is -2.98. The zero-order valence-corrected chi connectivity index (χ0v) is 10.3. The highest BCUT2D eigenvalue weighted by Crippen LogP contribution is 2.60. The van der Waals surface area contributed by atoms with E-state index < -0.39 is 41.6 Å². The van der Waals surface area contributed by atoms with Gasteiger partial charge in [0, 0.05) is 0 Å². The molecule has 0 aromatic rings. The minimum Gasteiger partial charge on any atom is -0.480 e. The van der Waals surface area contributed by atoms with E-state index in [1.807, 2.05) is 0 Å². The molecular weight excluding hydrogens is 248 g/mol. The van der Waals surface area contributed by atoms with Crippen LogP contribution in [0.5, 0.6) is 0 Å². The minimum absolute atomic E-state index is 0.216. The second kappa shape index (κ2) is 3.55. The molecule has 1 saturated carbocycles. The number of carboxylic acid groups (broad SMARTS) is 1. The lowest BCUT2D eigenvalue weighted by Gasteiger charge is -2.29. The Balaban J connectivity index is 2.17. The molecule has 0 aromatic heterocycles. The Morgan fingerprint density at radius 2 is 1.94 bits per heavy atom. The average Bonchev–Trinajstić information content (AvgIpc) is 2.59. The summed E-state index contributed by atoms with van der Waals surface area (Å²) in [7, 11) is 0. The zero-order chi connectivity index (χ0) is 13.9. The summed E-state index contributed by atoms with van der Waals surface area (Å²) < 4.78 is 31.5. The first kappa shape index (κ1) is 13.0. The van der Waals surface area contributed by atoms with Crippen LogP contribution in [0.25, 0.3) is 0 Å². The molecule has 7 heteroatoms. The number of nitrogens with zero attached hydrogens (tertiary/aromatic N) is 1. The fourth-order valence-corrected chi connectivity index (χ4v) is 2.36. The normalized spacial score (nSPS) is 32.9. The Kier molecular flexibility index (Phi) is 2.57. The topological polar surface area (TPSA) is 66.8 Å². The van der Waals surface area contributed by atoms with Crippen LogP contribution in [0.3, 0.4) is 0 Å². The Morgan fingerprint density at radius 1 is 1.39 bits per heavy atom. The standard InChI is InChI=1S/C11H15F2NO4/c1-10(2,3)18-9(17)14-6(8(15)16)4-5-7(14)11(5,12)13/h5-7H,4H2,1-3H3,(H,15,16)/t5-,6+,7-/m1/s1. The van der Waals surface area contributed by atoms with Crippen LogP contribution in [0.2, 0.25) is 0 Å². The van der Waals surface area contributed by atoms with Crippen molar-refractivity contribution in [3.05, 3.63) is 0 Å². The monoisotopic (exact) mass is 263 g/mol. The highest BCUT2D eigenvalue weighted by atomic mass is 19.3. The number of hydrogen-bond donors (Lipinski definition) is 1. The molecule has 2 fully saturated rings. The third-order valence-electron chi connectivity index (χ3n) is 3.16. The zero-order valence-electron chi connectivity index (χ0n) is 10.3.